The van der Waals surface area contributed by atoms with Gasteiger partial charge in [-0.05, 0) is 49.2 Å². The fourth-order valence-corrected chi connectivity index (χ4v) is 2.15. The summed E-state index contributed by atoms with van der Waals surface area (Å²) in [5, 5.41) is 3.45. The van der Waals surface area contributed by atoms with Crippen LogP contribution in [0, 0.1) is 6.92 Å². The molecule has 106 valence electrons. The molecule has 0 amide bonds. The lowest BCUT2D eigenvalue weighted by Gasteiger charge is -2.12. The number of nitrogens with one attached hydrogen (secondary N) is 1. The Morgan fingerprint density at radius 2 is 2.05 bits per heavy atom. The third-order valence-corrected chi connectivity index (χ3v) is 3.28. The van der Waals surface area contributed by atoms with E-state index in [1.165, 1.54) is 11.1 Å². The number of pyridine rings is 1. The molecule has 0 spiro atoms. The van der Waals surface area contributed by atoms with E-state index in [9.17, 15) is 0 Å². The molecule has 3 heteroatoms. The molecule has 0 unspecified atom stereocenters. The normalized spacial score (nSPS) is 10.6. The maximum Gasteiger partial charge on any atom is 0.119 e. The smallest absolute Gasteiger partial charge is 0.119 e. The monoisotopic (exact) mass is 270 g/mol. The standard InChI is InChI=1S/C17H22N2O/c1-4-9-18-11-15-10-16(20-3)7-8-17(15)14-6-5-13(2)19-12-14/h5-8,10,12,18H,4,9,11H2,1-3H3. The topological polar surface area (TPSA) is 34.1 Å². The molecule has 0 aliphatic heterocycles. The first-order valence-electron chi connectivity index (χ1n) is 7.05. The number of ether oxygens (including phenoxy) is 1. The lowest BCUT2D eigenvalue weighted by molar-refractivity contribution is 0.414. The van der Waals surface area contributed by atoms with Crippen molar-refractivity contribution in [1.82, 2.24) is 10.3 Å². The fourth-order valence-electron chi connectivity index (χ4n) is 2.15. The number of hydrogen-bond acceptors (Lipinski definition) is 3. The van der Waals surface area contributed by atoms with E-state index in [-0.39, 0.29) is 0 Å². The summed E-state index contributed by atoms with van der Waals surface area (Å²) in [6.45, 7) is 6.03. The molecule has 0 fully saturated rings. The number of rotatable bonds is 6. The predicted molar refractivity (Wildman–Crippen MR) is 83.0 cm³/mol. The average Bonchev–Trinajstić information content (AvgIpc) is 2.48. The van der Waals surface area contributed by atoms with Crippen molar-refractivity contribution in [2.75, 3.05) is 13.7 Å². The Kier molecular flexibility index (Phi) is 5.13. The predicted octanol–water partition coefficient (Wildman–Crippen LogP) is 3.57. The third kappa shape index (κ3) is 3.58. The lowest BCUT2D eigenvalue weighted by atomic mass is 10.0. The summed E-state index contributed by atoms with van der Waals surface area (Å²) >= 11 is 0. The first-order chi connectivity index (χ1) is 9.74. The number of nitrogens with zero attached hydrogens (tertiary/aromatic N) is 1. The van der Waals surface area contributed by atoms with Gasteiger partial charge in [-0.2, -0.15) is 0 Å². The van der Waals surface area contributed by atoms with E-state index >= 15 is 0 Å². The van der Waals surface area contributed by atoms with Gasteiger partial charge in [0.1, 0.15) is 5.75 Å². The summed E-state index contributed by atoms with van der Waals surface area (Å²) in [6.07, 6.45) is 3.06. The van der Waals surface area contributed by atoms with Gasteiger partial charge in [0.15, 0.2) is 0 Å². The minimum atomic E-state index is 0.842. The van der Waals surface area contributed by atoms with Gasteiger partial charge in [-0.1, -0.05) is 19.1 Å². The highest BCUT2D eigenvalue weighted by Gasteiger charge is 2.07. The van der Waals surface area contributed by atoms with Crippen LogP contribution in [0.5, 0.6) is 5.75 Å². The Labute approximate surface area is 121 Å². The Hall–Kier alpha value is -1.87. The van der Waals surface area contributed by atoms with Crippen LogP contribution in [0.3, 0.4) is 0 Å². The van der Waals surface area contributed by atoms with Crippen molar-refractivity contribution < 1.29 is 4.74 Å². The zero-order valence-electron chi connectivity index (χ0n) is 12.4. The summed E-state index contributed by atoms with van der Waals surface area (Å²) in [5.74, 6) is 0.891. The van der Waals surface area contributed by atoms with Gasteiger partial charge in [-0.3, -0.25) is 4.98 Å². The Balaban J connectivity index is 2.32. The second kappa shape index (κ2) is 7.06. The van der Waals surface area contributed by atoms with Crippen LogP contribution < -0.4 is 10.1 Å². The number of methoxy groups -OCH3 is 1. The van der Waals surface area contributed by atoms with Gasteiger partial charge in [-0.15, -0.1) is 0 Å². The number of benzene rings is 1. The van der Waals surface area contributed by atoms with Gasteiger partial charge in [0.2, 0.25) is 0 Å². The first kappa shape index (κ1) is 14.5. The molecule has 1 aromatic heterocycles. The third-order valence-electron chi connectivity index (χ3n) is 3.28. The fraction of sp³-hybridized carbons (Fsp3) is 0.353. The highest BCUT2D eigenvalue weighted by molar-refractivity contribution is 5.67. The molecular formula is C17H22N2O. The van der Waals surface area contributed by atoms with Crippen molar-refractivity contribution in [2.45, 2.75) is 26.8 Å². The summed E-state index contributed by atoms with van der Waals surface area (Å²) < 4.78 is 5.33. The zero-order chi connectivity index (χ0) is 14.4. The van der Waals surface area contributed by atoms with E-state index in [0.29, 0.717) is 0 Å². The molecule has 0 saturated heterocycles. The SMILES string of the molecule is CCCNCc1cc(OC)ccc1-c1ccc(C)nc1. The number of hydrogen-bond donors (Lipinski definition) is 1. The molecule has 1 N–H and O–H groups in total. The van der Waals surface area contributed by atoms with Crippen LogP contribution in [0.1, 0.15) is 24.6 Å². The molecule has 2 rings (SSSR count). The van der Waals surface area contributed by atoms with Crippen molar-refractivity contribution >= 4 is 0 Å². The van der Waals surface area contributed by atoms with E-state index in [0.717, 1.165) is 36.5 Å². The Bertz CT molecular complexity index is 549. The van der Waals surface area contributed by atoms with Gasteiger partial charge in [-0.25, -0.2) is 0 Å². The molecule has 0 aliphatic carbocycles. The number of aryl methyl sites for hydroxylation is 1. The van der Waals surface area contributed by atoms with Crippen LogP contribution in [0.15, 0.2) is 36.5 Å². The maximum absolute atomic E-state index is 5.33. The lowest BCUT2D eigenvalue weighted by Crippen LogP contribution is -2.14. The summed E-state index contributed by atoms with van der Waals surface area (Å²) in [7, 11) is 1.70. The molecule has 1 aromatic carbocycles. The zero-order valence-corrected chi connectivity index (χ0v) is 12.4. The van der Waals surface area contributed by atoms with Gasteiger partial charge in [0.05, 0.1) is 7.11 Å². The number of aromatic nitrogens is 1. The molecular weight excluding hydrogens is 248 g/mol. The summed E-state index contributed by atoms with van der Waals surface area (Å²) in [4.78, 5) is 4.38. The van der Waals surface area contributed by atoms with Crippen LogP contribution in [0.2, 0.25) is 0 Å². The molecule has 2 aromatic rings. The van der Waals surface area contributed by atoms with Crippen LogP contribution in [-0.4, -0.2) is 18.6 Å². The molecule has 0 aliphatic rings. The molecule has 0 atom stereocenters. The van der Waals surface area contributed by atoms with E-state index < -0.39 is 0 Å². The van der Waals surface area contributed by atoms with Crippen molar-refractivity contribution in [3.05, 3.63) is 47.8 Å². The minimum Gasteiger partial charge on any atom is -0.497 e. The highest BCUT2D eigenvalue weighted by atomic mass is 16.5. The van der Waals surface area contributed by atoms with E-state index in [1.54, 1.807) is 7.11 Å². The largest absolute Gasteiger partial charge is 0.497 e. The molecule has 0 radical (unpaired) electrons. The van der Waals surface area contributed by atoms with E-state index in [2.05, 4.69) is 35.4 Å². The average molecular weight is 270 g/mol. The summed E-state index contributed by atoms with van der Waals surface area (Å²) in [6, 6.07) is 10.4. The van der Waals surface area contributed by atoms with Gasteiger partial charge in [0, 0.05) is 24.0 Å². The first-order valence-corrected chi connectivity index (χ1v) is 7.05. The van der Waals surface area contributed by atoms with Gasteiger partial charge < -0.3 is 10.1 Å². The van der Waals surface area contributed by atoms with Gasteiger partial charge in [0.25, 0.3) is 0 Å². The minimum absolute atomic E-state index is 0.842. The maximum atomic E-state index is 5.33. The van der Waals surface area contributed by atoms with Crippen LogP contribution >= 0.6 is 0 Å². The quantitative estimate of drug-likeness (QED) is 0.815. The highest BCUT2D eigenvalue weighted by Crippen LogP contribution is 2.27. The second-order valence-electron chi connectivity index (χ2n) is 4.89. The van der Waals surface area contributed by atoms with Crippen LogP contribution in [-0.2, 0) is 6.54 Å². The Morgan fingerprint density at radius 1 is 1.20 bits per heavy atom. The van der Waals surface area contributed by atoms with E-state index in [1.807, 2.05) is 25.3 Å². The molecule has 0 saturated carbocycles. The summed E-state index contributed by atoms with van der Waals surface area (Å²) in [5.41, 5.74) is 4.63. The molecule has 1 heterocycles. The Morgan fingerprint density at radius 3 is 2.70 bits per heavy atom. The molecule has 0 bridgehead atoms. The van der Waals surface area contributed by atoms with Gasteiger partial charge >= 0.3 is 0 Å². The van der Waals surface area contributed by atoms with E-state index in [4.69, 9.17) is 4.74 Å². The van der Waals surface area contributed by atoms with Crippen LogP contribution in [0.4, 0.5) is 0 Å². The van der Waals surface area contributed by atoms with Crippen molar-refractivity contribution in [2.24, 2.45) is 0 Å². The van der Waals surface area contributed by atoms with Crippen molar-refractivity contribution in [3.8, 4) is 16.9 Å². The van der Waals surface area contributed by atoms with Crippen molar-refractivity contribution in [1.29, 1.82) is 0 Å². The second-order valence-corrected chi connectivity index (χ2v) is 4.89. The molecule has 3 nitrogen and oxygen atoms in total. The van der Waals surface area contributed by atoms with Crippen molar-refractivity contribution in [3.63, 3.8) is 0 Å². The van der Waals surface area contributed by atoms with Crippen LogP contribution in [0.25, 0.3) is 11.1 Å². The molecule has 20 heavy (non-hydrogen) atoms.